The van der Waals surface area contributed by atoms with Crippen molar-refractivity contribution in [2.24, 2.45) is 0 Å². The molecule has 1 aromatic rings. The van der Waals surface area contributed by atoms with Crippen LogP contribution in [0.2, 0.25) is 5.02 Å². The third-order valence-electron chi connectivity index (χ3n) is 3.45. The number of nitrogens with one attached hydrogen (secondary N) is 3. The highest BCUT2D eigenvalue weighted by atomic mass is 35.5. The maximum atomic E-state index is 12.0. The fourth-order valence-corrected chi connectivity index (χ4v) is 3.62. The third kappa shape index (κ3) is 6.27. The Bertz CT molecular complexity index is 619. The molecule has 3 N–H and O–H groups in total. The number of amides is 1. The van der Waals surface area contributed by atoms with E-state index in [2.05, 4.69) is 15.4 Å². The Morgan fingerprint density at radius 2 is 2.09 bits per heavy atom. The molecule has 1 heterocycles. The Labute approximate surface area is 147 Å². The van der Waals surface area contributed by atoms with Gasteiger partial charge in [0.05, 0.1) is 10.9 Å². The van der Waals surface area contributed by atoms with Crippen LogP contribution < -0.4 is 15.4 Å². The normalized spacial score (nSPS) is 18.0. The van der Waals surface area contributed by atoms with E-state index in [1.165, 1.54) is 12.1 Å². The van der Waals surface area contributed by atoms with Crippen molar-refractivity contribution in [2.45, 2.75) is 30.2 Å². The van der Waals surface area contributed by atoms with Gasteiger partial charge in [0.25, 0.3) is 0 Å². The van der Waals surface area contributed by atoms with E-state index in [9.17, 15) is 13.2 Å². The molecule has 1 unspecified atom stereocenters. The van der Waals surface area contributed by atoms with E-state index in [1.54, 1.807) is 12.1 Å². The number of carbonyl (C=O) groups is 1. The van der Waals surface area contributed by atoms with Crippen LogP contribution in [0.1, 0.15) is 19.3 Å². The second-order valence-corrected chi connectivity index (χ2v) is 7.35. The van der Waals surface area contributed by atoms with Crippen molar-refractivity contribution in [3.63, 3.8) is 0 Å². The van der Waals surface area contributed by atoms with E-state index >= 15 is 0 Å². The summed E-state index contributed by atoms with van der Waals surface area (Å²) in [6.07, 6.45) is 2.94. The number of rotatable bonds is 6. The summed E-state index contributed by atoms with van der Waals surface area (Å²) in [4.78, 5) is 12.0. The number of hydrogen-bond acceptors (Lipinski definition) is 4. The topological polar surface area (TPSA) is 87.3 Å². The molecule has 0 aliphatic carbocycles. The molecule has 9 heteroatoms. The van der Waals surface area contributed by atoms with Gasteiger partial charge in [-0.3, -0.25) is 4.79 Å². The lowest BCUT2D eigenvalue weighted by Crippen LogP contribution is -2.48. The Hall–Kier alpha value is -0.860. The lowest BCUT2D eigenvalue weighted by Gasteiger charge is -2.22. The first-order valence-electron chi connectivity index (χ1n) is 7.25. The number of sulfonamides is 1. The van der Waals surface area contributed by atoms with Crippen molar-refractivity contribution >= 4 is 39.9 Å². The van der Waals surface area contributed by atoms with Crippen molar-refractivity contribution in [1.29, 1.82) is 0 Å². The average Bonchev–Trinajstić information content (AvgIpc) is 2.52. The van der Waals surface area contributed by atoms with Gasteiger partial charge in [0, 0.05) is 18.1 Å². The second kappa shape index (κ2) is 9.44. The third-order valence-corrected chi connectivity index (χ3v) is 5.14. The zero-order valence-electron chi connectivity index (χ0n) is 12.5. The standard InChI is InChI=1S/C14H20ClN3O3S.ClH/c15-11-4-3-5-12(10-11)22(20,21)18-9-8-17-14(19)13-6-1-2-7-16-13;/h3-5,10,13,16,18H,1-2,6-9H2,(H,17,19);1H. The Morgan fingerprint density at radius 3 is 2.74 bits per heavy atom. The quantitative estimate of drug-likeness (QED) is 0.648. The molecule has 1 aromatic carbocycles. The summed E-state index contributed by atoms with van der Waals surface area (Å²) < 4.78 is 26.5. The van der Waals surface area contributed by atoms with Crippen molar-refractivity contribution in [3.05, 3.63) is 29.3 Å². The average molecular weight is 382 g/mol. The SMILES string of the molecule is Cl.O=C(NCCNS(=O)(=O)c1cccc(Cl)c1)C1CCCCN1. The van der Waals surface area contributed by atoms with Gasteiger partial charge >= 0.3 is 0 Å². The summed E-state index contributed by atoms with van der Waals surface area (Å²) in [5.41, 5.74) is 0. The number of carbonyl (C=O) groups excluding carboxylic acids is 1. The van der Waals surface area contributed by atoms with E-state index in [4.69, 9.17) is 11.6 Å². The summed E-state index contributed by atoms with van der Waals surface area (Å²) >= 11 is 5.78. The highest BCUT2D eigenvalue weighted by Gasteiger charge is 2.20. The summed E-state index contributed by atoms with van der Waals surface area (Å²) in [6.45, 7) is 1.23. The van der Waals surface area contributed by atoms with Crippen LogP contribution in [-0.4, -0.2) is 40.0 Å². The molecule has 130 valence electrons. The second-order valence-electron chi connectivity index (χ2n) is 5.15. The van der Waals surface area contributed by atoms with Gasteiger partial charge in [0.2, 0.25) is 15.9 Å². The van der Waals surface area contributed by atoms with Crippen LogP contribution >= 0.6 is 24.0 Å². The molecule has 1 fully saturated rings. The molecule has 0 saturated carbocycles. The van der Waals surface area contributed by atoms with Gasteiger partial charge in [0.15, 0.2) is 0 Å². The van der Waals surface area contributed by atoms with Gasteiger partial charge in [-0.15, -0.1) is 12.4 Å². The maximum Gasteiger partial charge on any atom is 0.240 e. The van der Waals surface area contributed by atoms with Crippen molar-refractivity contribution in [3.8, 4) is 0 Å². The van der Waals surface area contributed by atoms with Crippen molar-refractivity contribution in [2.75, 3.05) is 19.6 Å². The largest absolute Gasteiger partial charge is 0.353 e. The van der Waals surface area contributed by atoms with E-state index in [1.807, 2.05) is 0 Å². The van der Waals surface area contributed by atoms with E-state index in [0.717, 1.165) is 25.8 Å². The minimum atomic E-state index is -3.61. The Kier molecular flexibility index (Phi) is 8.28. The Morgan fingerprint density at radius 1 is 1.30 bits per heavy atom. The summed E-state index contributed by atoms with van der Waals surface area (Å²) in [7, 11) is -3.61. The van der Waals surface area contributed by atoms with E-state index in [-0.39, 0.29) is 42.3 Å². The molecule has 1 atom stereocenters. The maximum absolute atomic E-state index is 12.0. The van der Waals surface area contributed by atoms with Crippen LogP contribution in [0.5, 0.6) is 0 Å². The molecule has 1 saturated heterocycles. The molecule has 6 nitrogen and oxygen atoms in total. The molecule has 0 radical (unpaired) electrons. The van der Waals surface area contributed by atoms with Crippen LogP contribution in [0.4, 0.5) is 0 Å². The lowest BCUT2D eigenvalue weighted by atomic mass is 10.0. The molecule has 0 bridgehead atoms. The smallest absolute Gasteiger partial charge is 0.240 e. The Balaban J connectivity index is 0.00000264. The summed E-state index contributed by atoms with van der Waals surface area (Å²) in [5, 5.41) is 6.24. The summed E-state index contributed by atoms with van der Waals surface area (Å²) in [5.74, 6) is -0.0818. The van der Waals surface area contributed by atoms with Crippen molar-refractivity contribution in [1.82, 2.24) is 15.4 Å². The van der Waals surface area contributed by atoms with Crippen LogP contribution in [0.3, 0.4) is 0 Å². The number of piperidine rings is 1. The predicted octanol–water partition coefficient (Wildman–Crippen LogP) is 1.30. The first-order chi connectivity index (χ1) is 10.5. The van der Waals surface area contributed by atoms with Crippen LogP contribution in [0.25, 0.3) is 0 Å². The fourth-order valence-electron chi connectivity index (χ4n) is 2.29. The zero-order valence-corrected chi connectivity index (χ0v) is 14.9. The van der Waals surface area contributed by atoms with Gasteiger partial charge in [-0.25, -0.2) is 13.1 Å². The summed E-state index contributed by atoms with van der Waals surface area (Å²) in [6, 6.07) is 5.87. The highest BCUT2D eigenvalue weighted by Crippen LogP contribution is 2.14. The highest BCUT2D eigenvalue weighted by molar-refractivity contribution is 7.89. The number of halogens is 2. The lowest BCUT2D eigenvalue weighted by molar-refractivity contribution is -0.123. The number of benzene rings is 1. The van der Waals surface area contributed by atoms with Crippen LogP contribution in [-0.2, 0) is 14.8 Å². The monoisotopic (exact) mass is 381 g/mol. The van der Waals surface area contributed by atoms with Crippen molar-refractivity contribution < 1.29 is 13.2 Å². The molecule has 1 amide bonds. The van der Waals surface area contributed by atoms with Gasteiger partial charge in [-0.1, -0.05) is 24.1 Å². The minimum absolute atomic E-state index is 0. The molecule has 2 rings (SSSR count). The number of hydrogen-bond donors (Lipinski definition) is 3. The minimum Gasteiger partial charge on any atom is -0.353 e. The molecule has 1 aliphatic rings. The molecule has 0 spiro atoms. The van der Waals surface area contributed by atoms with E-state index < -0.39 is 10.0 Å². The molecular formula is C14H21Cl2N3O3S. The molecule has 23 heavy (non-hydrogen) atoms. The molecular weight excluding hydrogens is 361 g/mol. The fraction of sp³-hybridized carbons (Fsp3) is 0.500. The molecule has 0 aromatic heterocycles. The van der Waals surface area contributed by atoms with Crippen LogP contribution in [0.15, 0.2) is 29.2 Å². The van der Waals surface area contributed by atoms with Gasteiger partial charge in [-0.05, 0) is 37.6 Å². The first-order valence-corrected chi connectivity index (χ1v) is 9.11. The van der Waals surface area contributed by atoms with Gasteiger partial charge < -0.3 is 10.6 Å². The van der Waals surface area contributed by atoms with E-state index in [0.29, 0.717) is 5.02 Å². The predicted molar refractivity (Wildman–Crippen MR) is 92.5 cm³/mol. The van der Waals surface area contributed by atoms with Crippen LogP contribution in [0, 0.1) is 0 Å². The zero-order chi connectivity index (χ0) is 16.0. The molecule has 1 aliphatic heterocycles. The van der Waals surface area contributed by atoms with Gasteiger partial charge in [-0.2, -0.15) is 0 Å². The van der Waals surface area contributed by atoms with Gasteiger partial charge in [0.1, 0.15) is 0 Å². The first kappa shape index (κ1) is 20.2.